The first-order chi connectivity index (χ1) is 9.02. The molecule has 0 aliphatic heterocycles. The highest BCUT2D eigenvalue weighted by Gasteiger charge is 2.12. The molecule has 5 heteroatoms. The van der Waals surface area contributed by atoms with Gasteiger partial charge in [-0.15, -0.1) is 0 Å². The molecule has 0 fully saturated rings. The number of rotatable bonds is 4. The number of nitrogens with zero attached hydrogens (tertiary/aromatic N) is 2. The fourth-order valence-electron chi connectivity index (χ4n) is 1.94. The third-order valence-electron chi connectivity index (χ3n) is 2.88. The van der Waals surface area contributed by atoms with Gasteiger partial charge in [-0.05, 0) is 31.9 Å². The molecule has 3 nitrogen and oxygen atoms in total. The van der Waals surface area contributed by atoms with Crippen molar-refractivity contribution in [2.45, 2.75) is 33.7 Å². The van der Waals surface area contributed by atoms with Crippen LogP contribution in [0.2, 0.25) is 10.0 Å². The summed E-state index contributed by atoms with van der Waals surface area (Å²) in [4.78, 5) is 4.47. The summed E-state index contributed by atoms with van der Waals surface area (Å²) in [6, 6.07) is 3.74. The lowest BCUT2D eigenvalue weighted by Gasteiger charge is -2.13. The van der Waals surface area contributed by atoms with Crippen molar-refractivity contribution in [3.63, 3.8) is 0 Å². The topological polar surface area (TPSA) is 29.9 Å². The smallest absolute Gasteiger partial charge is 0.207 e. The second-order valence-electron chi connectivity index (χ2n) is 4.58. The van der Waals surface area contributed by atoms with Gasteiger partial charge in [-0.1, -0.05) is 36.2 Å². The fraction of sp³-hybridized carbons (Fsp3) is 0.357. The van der Waals surface area contributed by atoms with Crippen LogP contribution in [0.1, 0.15) is 24.6 Å². The summed E-state index contributed by atoms with van der Waals surface area (Å²) in [5.74, 6) is 0.772. The Morgan fingerprint density at radius 2 is 2.00 bits per heavy atom. The maximum Gasteiger partial charge on any atom is 0.207 e. The van der Waals surface area contributed by atoms with Gasteiger partial charge in [0.1, 0.15) is 0 Å². The Hall–Kier alpha value is -1.19. The third kappa shape index (κ3) is 3.04. The molecule has 2 rings (SSSR count). The van der Waals surface area contributed by atoms with E-state index in [4.69, 9.17) is 23.2 Å². The molecule has 0 spiro atoms. The van der Waals surface area contributed by atoms with Gasteiger partial charge in [0.25, 0.3) is 0 Å². The summed E-state index contributed by atoms with van der Waals surface area (Å²) in [5, 5.41) is 4.48. The van der Waals surface area contributed by atoms with Crippen LogP contribution in [0, 0.1) is 13.8 Å². The summed E-state index contributed by atoms with van der Waals surface area (Å²) >= 11 is 12.5. The van der Waals surface area contributed by atoms with Crippen molar-refractivity contribution in [1.82, 2.24) is 9.55 Å². The van der Waals surface area contributed by atoms with Crippen LogP contribution in [-0.2, 0) is 6.54 Å². The van der Waals surface area contributed by atoms with Gasteiger partial charge in [0.2, 0.25) is 5.95 Å². The molecule has 0 atom stereocenters. The highest BCUT2D eigenvalue weighted by molar-refractivity contribution is 6.39. The van der Waals surface area contributed by atoms with E-state index >= 15 is 0 Å². The predicted molar refractivity (Wildman–Crippen MR) is 81.7 cm³/mol. The summed E-state index contributed by atoms with van der Waals surface area (Å²) in [5.41, 5.74) is 2.67. The van der Waals surface area contributed by atoms with Gasteiger partial charge in [-0.3, -0.25) is 0 Å². The maximum atomic E-state index is 6.30. The van der Waals surface area contributed by atoms with Crippen molar-refractivity contribution in [1.29, 1.82) is 0 Å². The van der Waals surface area contributed by atoms with Gasteiger partial charge in [-0.25, -0.2) is 4.98 Å². The van der Waals surface area contributed by atoms with Crippen molar-refractivity contribution in [3.8, 4) is 0 Å². The summed E-state index contributed by atoms with van der Waals surface area (Å²) in [6.45, 7) is 6.96. The lowest BCUT2D eigenvalue weighted by atomic mass is 10.2. The number of imidazole rings is 1. The van der Waals surface area contributed by atoms with E-state index in [1.54, 1.807) is 0 Å². The van der Waals surface area contributed by atoms with E-state index in [0.29, 0.717) is 15.7 Å². The molecule has 2 aromatic rings. The van der Waals surface area contributed by atoms with Crippen LogP contribution in [0.25, 0.3) is 0 Å². The van der Waals surface area contributed by atoms with Gasteiger partial charge in [-0.2, -0.15) is 0 Å². The summed E-state index contributed by atoms with van der Waals surface area (Å²) in [6.07, 6.45) is 3.06. The van der Waals surface area contributed by atoms with Crippen LogP contribution < -0.4 is 5.32 Å². The molecule has 0 aliphatic carbocycles. The van der Waals surface area contributed by atoms with Gasteiger partial charge in [0.15, 0.2) is 0 Å². The Kier molecular flexibility index (Phi) is 4.38. The lowest BCUT2D eigenvalue weighted by Crippen LogP contribution is -2.03. The Bertz CT molecular complexity index is 591. The molecule has 0 radical (unpaired) electrons. The first-order valence-corrected chi connectivity index (χ1v) is 7.04. The predicted octanol–water partition coefficient (Wildman–Crippen LogP) is 4.96. The maximum absolute atomic E-state index is 6.30. The number of aryl methyl sites for hydroxylation is 3. The molecule has 0 aliphatic rings. The van der Waals surface area contributed by atoms with Crippen molar-refractivity contribution in [2.75, 3.05) is 5.32 Å². The van der Waals surface area contributed by atoms with Crippen LogP contribution in [-0.4, -0.2) is 9.55 Å². The Morgan fingerprint density at radius 1 is 1.26 bits per heavy atom. The Labute approximate surface area is 123 Å². The molecule has 0 bridgehead atoms. The van der Waals surface area contributed by atoms with Crippen molar-refractivity contribution in [2.24, 2.45) is 0 Å². The minimum absolute atomic E-state index is 0.597. The molecule has 1 N–H and O–H groups in total. The van der Waals surface area contributed by atoms with Gasteiger partial charge >= 0.3 is 0 Å². The monoisotopic (exact) mass is 297 g/mol. The van der Waals surface area contributed by atoms with Gasteiger partial charge < -0.3 is 9.88 Å². The zero-order chi connectivity index (χ0) is 14.0. The van der Waals surface area contributed by atoms with Crippen LogP contribution in [0.3, 0.4) is 0 Å². The van der Waals surface area contributed by atoms with Crippen LogP contribution in [0.4, 0.5) is 11.6 Å². The second kappa shape index (κ2) is 5.85. The summed E-state index contributed by atoms with van der Waals surface area (Å²) in [7, 11) is 0. The molecule has 0 unspecified atom stereocenters. The van der Waals surface area contributed by atoms with Gasteiger partial charge in [0.05, 0.1) is 21.4 Å². The molecular formula is C14H17Cl2N3. The minimum Gasteiger partial charge on any atom is -0.323 e. The molecule has 19 heavy (non-hydrogen) atoms. The van der Waals surface area contributed by atoms with Crippen LogP contribution >= 0.6 is 23.2 Å². The fourth-order valence-corrected chi connectivity index (χ4v) is 2.41. The number of nitrogens with one attached hydrogen (secondary N) is 1. The van der Waals surface area contributed by atoms with E-state index in [9.17, 15) is 0 Å². The molecule has 0 saturated heterocycles. The van der Waals surface area contributed by atoms with E-state index in [2.05, 4.69) is 21.8 Å². The average molecular weight is 298 g/mol. The zero-order valence-electron chi connectivity index (χ0n) is 11.3. The van der Waals surface area contributed by atoms with E-state index in [0.717, 1.165) is 30.2 Å². The largest absolute Gasteiger partial charge is 0.323 e. The van der Waals surface area contributed by atoms with Crippen molar-refractivity contribution < 1.29 is 0 Å². The molecule has 102 valence electrons. The molecule has 1 heterocycles. The zero-order valence-corrected chi connectivity index (χ0v) is 12.8. The molecule has 1 aromatic carbocycles. The highest BCUT2D eigenvalue weighted by Crippen LogP contribution is 2.34. The van der Waals surface area contributed by atoms with E-state index < -0.39 is 0 Å². The average Bonchev–Trinajstić information content (AvgIpc) is 2.71. The van der Waals surface area contributed by atoms with E-state index in [1.807, 2.05) is 32.2 Å². The highest BCUT2D eigenvalue weighted by atomic mass is 35.5. The Balaban J connectivity index is 2.38. The quantitative estimate of drug-likeness (QED) is 0.864. The first kappa shape index (κ1) is 14.2. The number of hydrogen-bond acceptors (Lipinski definition) is 2. The van der Waals surface area contributed by atoms with Gasteiger partial charge in [0, 0.05) is 12.7 Å². The third-order valence-corrected chi connectivity index (χ3v) is 3.68. The minimum atomic E-state index is 0.597. The number of anilines is 2. The Morgan fingerprint density at radius 3 is 2.68 bits per heavy atom. The standard InChI is InChI=1S/C14H17Cl2N3/c1-4-7-19-8-10(3)17-14(19)18-13-11(15)6-5-9(2)12(13)16/h5-6,8H,4,7H2,1-3H3,(H,17,18). The number of halogens is 2. The van der Waals surface area contributed by atoms with E-state index in [1.165, 1.54) is 0 Å². The second-order valence-corrected chi connectivity index (χ2v) is 5.36. The number of hydrogen-bond donors (Lipinski definition) is 1. The normalized spacial score (nSPS) is 10.8. The molecule has 1 aromatic heterocycles. The number of aromatic nitrogens is 2. The molecule has 0 saturated carbocycles. The SMILES string of the molecule is CCCn1cc(C)nc1Nc1c(Cl)ccc(C)c1Cl. The van der Waals surface area contributed by atoms with Crippen LogP contribution in [0.15, 0.2) is 18.3 Å². The molecular weight excluding hydrogens is 281 g/mol. The van der Waals surface area contributed by atoms with Crippen molar-refractivity contribution in [3.05, 3.63) is 39.6 Å². The first-order valence-electron chi connectivity index (χ1n) is 6.28. The summed E-state index contributed by atoms with van der Waals surface area (Å²) < 4.78 is 2.07. The van der Waals surface area contributed by atoms with E-state index in [-0.39, 0.29) is 0 Å². The van der Waals surface area contributed by atoms with Crippen molar-refractivity contribution >= 4 is 34.8 Å². The lowest BCUT2D eigenvalue weighted by molar-refractivity contribution is 0.686. The van der Waals surface area contributed by atoms with Crippen LogP contribution in [0.5, 0.6) is 0 Å². The molecule has 0 amide bonds. The number of benzene rings is 1.